The molecule has 4 rings (SSSR count). The largest absolute Gasteiger partial charge is 0.312 e. The minimum Gasteiger partial charge on any atom is -0.312 e. The molecule has 2 aliphatic rings. The Balaban J connectivity index is 1.69. The van der Waals surface area contributed by atoms with Gasteiger partial charge in [-0.15, -0.1) is 0 Å². The summed E-state index contributed by atoms with van der Waals surface area (Å²) in [6.07, 6.45) is 2.46. The van der Waals surface area contributed by atoms with Gasteiger partial charge in [0.25, 0.3) is 0 Å². The fraction of sp³-hybridized carbons (Fsp3) is 0.500. The molecule has 1 aliphatic carbocycles. The highest BCUT2D eigenvalue weighted by Gasteiger charge is 2.39. The predicted molar refractivity (Wildman–Crippen MR) is 107 cm³/mol. The summed E-state index contributed by atoms with van der Waals surface area (Å²) in [4.78, 5) is 13.8. The second-order valence-corrected chi connectivity index (χ2v) is 9.66. The zero-order valence-electron chi connectivity index (χ0n) is 16.8. The van der Waals surface area contributed by atoms with Crippen molar-refractivity contribution in [2.24, 2.45) is 7.05 Å². The molecule has 1 aliphatic heterocycles. The number of hydrogen-bond acceptors (Lipinski definition) is 4. The number of carbonyl (C=O) groups excluding carboxylic acids is 1. The molecule has 0 saturated heterocycles. The molecule has 0 spiro atoms. The Hall–Kier alpha value is -2.19. The van der Waals surface area contributed by atoms with Crippen molar-refractivity contribution in [3.8, 4) is 0 Å². The number of nitrogens with zero attached hydrogens (tertiary/aromatic N) is 4. The highest BCUT2D eigenvalue weighted by atomic mass is 32.2. The average molecular weight is 403 g/mol. The quantitative estimate of drug-likeness (QED) is 0.769. The van der Waals surface area contributed by atoms with E-state index in [1.165, 1.54) is 6.92 Å². The molecule has 0 bridgehead atoms. The average Bonchev–Trinajstić information content (AvgIpc) is 3.32. The Morgan fingerprint density at radius 3 is 2.57 bits per heavy atom. The van der Waals surface area contributed by atoms with Crippen molar-refractivity contribution >= 4 is 21.6 Å². The number of benzene rings is 1. The van der Waals surface area contributed by atoms with Gasteiger partial charge in [0.15, 0.2) is 0 Å². The number of fused-ring (bicyclic) bond motifs is 1. The van der Waals surface area contributed by atoms with Crippen LogP contribution < -0.4 is 4.90 Å². The van der Waals surface area contributed by atoms with E-state index in [-0.39, 0.29) is 11.9 Å². The lowest BCUT2D eigenvalue weighted by molar-refractivity contribution is -0.116. The maximum Gasteiger partial charge on any atom is 0.243 e. The van der Waals surface area contributed by atoms with Crippen molar-refractivity contribution in [3.63, 3.8) is 0 Å². The fourth-order valence-electron chi connectivity index (χ4n) is 3.98. The van der Waals surface area contributed by atoms with Crippen molar-refractivity contribution < 1.29 is 13.2 Å². The Morgan fingerprint density at radius 2 is 2.00 bits per heavy atom. The molecule has 1 aromatic carbocycles. The van der Waals surface area contributed by atoms with E-state index in [9.17, 15) is 13.2 Å². The van der Waals surface area contributed by atoms with Crippen LogP contribution in [0.2, 0.25) is 0 Å². The first kappa shape index (κ1) is 19.1. The van der Waals surface area contributed by atoms with Crippen LogP contribution in [-0.2, 0) is 34.8 Å². The predicted octanol–water partition coefficient (Wildman–Crippen LogP) is 2.30. The van der Waals surface area contributed by atoms with E-state index in [0.717, 1.165) is 41.0 Å². The Labute approximate surface area is 166 Å². The van der Waals surface area contributed by atoms with Gasteiger partial charge in [0.2, 0.25) is 15.9 Å². The topological polar surface area (TPSA) is 75.5 Å². The van der Waals surface area contributed by atoms with Gasteiger partial charge < -0.3 is 4.90 Å². The molecule has 1 saturated carbocycles. The van der Waals surface area contributed by atoms with Crippen LogP contribution in [-0.4, -0.2) is 41.0 Å². The zero-order chi connectivity index (χ0) is 20.2. The molecule has 2 heterocycles. The van der Waals surface area contributed by atoms with E-state index >= 15 is 0 Å². The lowest BCUT2D eigenvalue weighted by atomic mass is 10.2. The van der Waals surface area contributed by atoms with Crippen LogP contribution in [0.1, 0.15) is 42.3 Å². The Kier molecular flexibility index (Phi) is 4.58. The standard InChI is InChI=1S/C20H26N4O3S/c1-13-19(14(2)22(4)21-13)12-24(17-5-6-17)28(26,27)18-7-8-20-16(11-18)9-10-23(20)15(3)25/h7-8,11,17H,5-6,9-10,12H2,1-4H3. The van der Waals surface area contributed by atoms with E-state index in [4.69, 9.17) is 0 Å². The van der Waals surface area contributed by atoms with Crippen molar-refractivity contribution in [1.29, 1.82) is 0 Å². The van der Waals surface area contributed by atoms with E-state index in [1.54, 1.807) is 32.1 Å². The van der Waals surface area contributed by atoms with Gasteiger partial charge in [-0.05, 0) is 56.9 Å². The normalized spacial score (nSPS) is 16.7. The molecule has 150 valence electrons. The first-order valence-electron chi connectivity index (χ1n) is 9.62. The van der Waals surface area contributed by atoms with E-state index in [2.05, 4.69) is 5.10 Å². The summed E-state index contributed by atoms with van der Waals surface area (Å²) in [5.41, 5.74) is 4.57. The Bertz CT molecular complexity index is 1050. The molecule has 0 atom stereocenters. The molecule has 2 aromatic rings. The second kappa shape index (κ2) is 6.70. The minimum atomic E-state index is -3.63. The summed E-state index contributed by atoms with van der Waals surface area (Å²) in [7, 11) is -1.75. The number of anilines is 1. The van der Waals surface area contributed by atoms with Gasteiger partial charge in [0.1, 0.15) is 0 Å². The number of aryl methyl sites for hydroxylation is 2. The van der Waals surface area contributed by atoms with Gasteiger partial charge in [0.05, 0.1) is 10.6 Å². The molecule has 7 nitrogen and oxygen atoms in total. The molecule has 1 amide bonds. The maximum atomic E-state index is 13.5. The zero-order valence-corrected chi connectivity index (χ0v) is 17.6. The third-order valence-electron chi connectivity index (χ3n) is 5.86. The number of hydrogen-bond donors (Lipinski definition) is 0. The van der Waals surface area contributed by atoms with Crippen LogP contribution in [0, 0.1) is 13.8 Å². The Morgan fingerprint density at radius 1 is 1.29 bits per heavy atom. The van der Waals surface area contributed by atoms with Crippen LogP contribution >= 0.6 is 0 Å². The number of sulfonamides is 1. The van der Waals surface area contributed by atoms with Crippen LogP contribution in [0.5, 0.6) is 0 Å². The fourth-order valence-corrected chi connectivity index (χ4v) is 5.68. The van der Waals surface area contributed by atoms with Crippen LogP contribution in [0.4, 0.5) is 5.69 Å². The van der Waals surface area contributed by atoms with Crippen LogP contribution in [0.3, 0.4) is 0 Å². The highest BCUT2D eigenvalue weighted by Crippen LogP contribution is 2.36. The third-order valence-corrected chi connectivity index (χ3v) is 7.75. The monoisotopic (exact) mass is 402 g/mol. The van der Waals surface area contributed by atoms with Gasteiger partial charge in [-0.2, -0.15) is 9.40 Å². The first-order chi connectivity index (χ1) is 13.2. The molecule has 0 unspecified atom stereocenters. The molecule has 1 aromatic heterocycles. The second-order valence-electron chi connectivity index (χ2n) is 7.77. The smallest absolute Gasteiger partial charge is 0.243 e. The van der Waals surface area contributed by atoms with Crippen molar-refractivity contribution in [2.45, 2.75) is 57.5 Å². The SMILES string of the molecule is CC(=O)N1CCc2cc(S(=O)(=O)N(Cc3c(C)nn(C)c3C)C3CC3)ccc21. The van der Waals surface area contributed by atoms with Gasteiger partial charge in [-0.3, -0.25) is 9.48 Å². The van der Waals surface area contributed by atoms with Gasteiger partial charge in [-0.1, -0.05) is 0 Å². The summed E-state index contributed by atoms with van der Waals surface area (Å²) in [5.74, 6) is -0.0171. The molecule has 8 heteroatoms. The van der Waals surface area contributed by atoms with Crippen LogP contribution in [0.15, 0.2) is 23.1 Å². The van der Waals surface area contributed by atoms with E-state index in [0.29, 0.717) is 24.4 Å². The summed E-state index contributed by atoms with van der Waals surface area (Å²) in [6, 6.07) is 5.19. The lowest BCUT2D eigenvalue weighted by Crippen LogP contribution is -2.33. The highest BCUT2D eigenvalue weighted by molar-refractivity contribution is 7.89. The molecule has 1 fully saturated rings. The number of rotatable bonds is 5. The summed E-state index contributed by atoms with van der Waals surface area (Å²) >= 11 is 0. The van der Waals surface area contributed by atoms with Crippen molar-refractivity contribution in [3.05, 3.63) is 40.7 Å². The van der Waals surface area contributed by atoms with Gasteiger partial charge >= 0.3 is 0 Å². The number of aromatic nitrogens is 2. The molecule has 28 heavy (non-hydrogen) atoms. The molecule has 0 N–H and O–H groups in total. The van der Waals surface area contributed by atoms with Gasteiger partial charge in [-0.25, -0.2) is 8.42 Å². The maximum absolute atomic E-state index is 13.5. The molecular weight excluding hydrogens is 376 g/mol. The van der Waals surface area contributed by atoms with E-state index in [1.807, 2.05) is 20.9 Å². The summed E-state index contributed by atoms with van der Waals surface area (Å²) < 4.78 is 30.4. The van der Waals surface area contributed by atoms with Crippen molar-refractivity contribution in [2.75, 3.05) is 11.4 Å². The first-order valence-corrected chi connectivity index (χ1v) is 11.1. The summed E-state index contributed by atoms with van der Waals surface area (Å²) in [5, 5.41) is 4.43. The van der Waals surface area contributed by atoms with Gasteiger partial charge in [0, 0.05) is 50.0 Å². The van der Waals surface area contributed by atoms with E-state index < -0.39 is 10.0 Å². The minimum absolute atomic E-state index is 0.0171. The molecule has 0 radical (unpaired) electrons. The summed E-state index contributed by atoms with van der Waals surface area (Å²) in [6.45, 7) is 6.38. The number of amides is 1. The lowest BCUT2D eigenvalue weighted by Gasteiger charge is -2.23. The molecular formula is C20H26N4O3S. The number of carbonyl (C=O) groups is 1. The third kappa shape index (κ3) is 3.14. The van der Waals surface area contributed by atoms with Crippen LogP contribution in [0.25, 0.3) is 0 Å². The van der Waals surface area contributed by atoms with Crippen molar-refractivity contribution in [1.82, 2.24) is 14.1 Å².